The van der Waals surface area contributed by atoms with Crippen molar-refractivity contribution in [1.29, 1.82) is 0 Å². The highest BCUT2D eigenvalue weighted by Crippen LogP contribution is 2.48. The molecule has 0 saturated heterocycles. The molecule has 0 spiro atoms. The first-order valence-electron chi connectivity index (χ1n) is 7.81. The first-order valence-corrected chi connectivity index (χ1v) is 7.81. The Kier molecular flexibility index (Phi) is 2.94. The minimum absolute atomic E-state index is 0.761. The molecule has 3 atom stereocenters. The SMILES string of the molecule is ON=C1CCc2c(OCC3CC4CCC3C4)cccc21. The minimum atomic E-state index is 0.761. The number of oxime groups is 1. The van der Waals surface area contributed by atoms with Crippen LogP contribution in [-0.4, -0.2) is 17.5 Å². The predicted molar refractivity (Wildman–Crippen MR) is 77.5 cm³/mol. The van der Waals surface area contributed by atoms with Gasteiger partial charge in [0.25, 0.3) is 0 Å². The first-order chi connectivity index (χ1) is 9.85. The van der Waals surface area contributed by atoms with Gasteiger partial charge < -0.3 is 9.94 Å². The molecule has 1 N–H and O–H groups in total. The van der Waals surface area contributed by atoms with Gasteiger partial charge in [-0.1, -0.05) is 23.7 Å². The van der Waals surface area contributed by atoms with Gasteiger partial charge in [0, 0.05) is 11.1 Å². The topological polar surface area (TPSA) is 41.8 Å². The molecule has 3 unspecified atom stereocenters. The average molecular weight is 271 g/mol. The fraction of sp³-hybridized carbons (Fsp3) is 0.588. The van der Waals surface area contributed by atoms with Crippen molar-refractivity contribution < 1.29 is 9.94 Å². The van der Waals surface area contributed by atoms with E-state index in [1.165, 1.54) is 31.2 Å². The normalized spacial score (nSPS) is 32.8. The van der Waals surface area contributed by atoms with Crippen molar-refractivity contribution in [1.82, 2.24) is 0 Å². The van der Waals surface area contributed by atoms with Crippen LogP contribution in [0.5, 0.6) is 5.75 Å². The van der Waals surface area contributed by atoms with Gasteiger partial charge in [-0.3, -0.25) is 0 Å². The fourth-order valence-corrected chi connectivity index (χ4v) is 4.49. The molecule has 0 heterocycles. The van der Waals surface area contributed by atoms with Crippen molar-refractivity contribution in [3.8, 4) is 5.75 Å². The Morgan fingerprint density at radius 3 is 2.90 bits per heavy atom. The summed E-state index contributed by atoms with van der Waals surface area (Å²) in [6, 6.07) is 6.10. The zero-order valence-electron chi connectivity index (χ0n) is 11.7. The van der Waals surface area contributed by atoms with Crippen LogP contribution < -0.4 is 4.74 Å². The third-order valence-corrected chi connectivity index (χ3v) is 5.51. The van der Waals surface area contributed by atoms with Gasteiger partial charge in [-0.2, -0.15) is 0 Å². The summed E-state index contributed by atoms with van der Waals surface area (Å²) in [6.45, 7) is 0.864. The van der Waals surface area contributed by atoms with Crippen molar-refractivity contribution in [2.24, 2.45) is 22.9 Å². The van der Waals surface area contributed by atoms with Gasteiger partial charge in [0.05, 0.1) is 12.3 Å². The van der Waals surface area contributed by atoms with E-state index in [2.05, 4.69) is 11.2 Å². The van der Waals surface area contributed by atoms with Crippen LogP contribution in [-0.2, 0) is 6.42 Å². The van der Waals surface area contributed by atoms with Crippen LogP contribution in [0.25, 0.3) is 0 Å². The third-order valence-electron chi connectivity index (χ3n) is 5.51. The number of hydrogen-bond donors (Lipinski definition) is 1. The zero-order chi connectivity index (χ0) is 13.5. The molecule has 3 aliphatic rings. The van der Waals surface area contributed by atoms with E-state index >= 15 is 0 Å². The molecule has 4 rings (SSSR count). The smallest absolute Gasteiger partial charge is 0.123 e. The maximum absolute atomic E-state index is 9.02. The number of nitrogens with zero attached hydrogens (tertiary/aromatic N) is 1. The van der Waals surface area contributed by atoms with Gasteiger partial charge in [-0.15, -0.1) is 0 Å². The molecule has 3 nitrogen and oxygen atoms in total. The molecular weight excluding hydrogens is 250 g/mol. The summed E-state index contributed by atoms with van der Waals surface area (Å²) < 4.78 is 6.14. The maximum atomic E-state index is 9.02. The third kappa shape index (κ3) is 1.91. The van der Waals surface area contributed by atoms with E-state index in [0.717, 1.165) is 54.2 Å². The van der Waals surface area contributed by atoms with E-state index in [4.69, 9.17) is 9.94 Å². The van der Waals surface area contributed by atoms with Gasteiger partial charge >= 0.3 is 0 Å². The van der Waals surface area contributed by atoms with E-state index in [0.29, 0.717) is 0 Å². The zero-order valence-corrected chi connectivity index (χ0v) is 11.7. The highest BCUT2D eigenvalue weighted by atomic mass is 16.5. The minimum Gasteiger partial charge on any atom is -0.493 e. The fourth-order valence-electron chi connectivity index (χ4n) is 4.49. The monoisotopic (exact) mass is 271 g/mol. The number of fused-ring (bicyclic) bond motifs is 3. The molecule has 0 radical (unpaired) electrons. The largest absolute Gasteiger partial charge is 0.493 e. The Hall–Kier alpha value is -1.51. The standard InChI is InChI=1S/C17H21NO2/c19-18-16-7-6-15-14(16)2-1-3-17(15)20-10-13-9-11-4-5-12(13)8-11/h1-3,11-13,19H,4-10H2. The molecule has 106 valence electrons. The van der Waals surface area contributed by atoms with Crippen molar-refractivity contribution >= 4 is 5.71 Å². The maximum Gasteiger partial charge on any atom is 0.123 e. The summed E-state index contributed by atoms with van der Waals surface area (Å²) in [5, 5.41) is 12.4. The number of benzene rings is 1. The quantitative estimate of drug-likeness (QED) is 0.674. The van der Waals surface area contributed by atoms with Crippen LogP contribution in [0.15, 0.2) is 23.4 Å². The lowest BCUT2D eigenvalue weighted by Gasteiger charge is -2.22. The van der Waals surface area contributed by atoms with E-state index in [1.54, 1.807) is 0 Å². The highest BCUT2D eigenvalue weighted by molar-refractivity contribution is 6.04. The molecule has 3 heteroatoms. The number of ether oxygens (including phenoxy) is 1. The van der Waals surface area contributed by atoms with Crippen LogP contribution in [0.4, 0.5) is 0 Å². The Balaban J connectivity index is 1.49. The van der Waals surface area contributed by atoms with Crippen molar-refractivity contribution in [2.75, 3.05) is 6.61 Å². The highest BCUT2D eigenvalue weighted by Gasteiger charge is 2.39. The van der Waals surface area contributed by atoms with E-state index < -0.39 is 0 Å². The second-order valence-corrected chi connectivity index (χ2v) is 6.57. The van der Waals surface area contributed by atoms with Gasteiger partial charge in [0.15, 0.2) is 0 Å². The summed E-state index contributed by atoms with van der Waals surface area (Å²) >= 11 is 0. The Morgan fingerprint density at radius 2 is 2.15 bits per heavy atom. The number of rotatable bonds is 3. The Labute approximate surface area is 119 Å². The molecule has 2 saturated carbocycles. The van der Waals surface area contributed by atoms with Crippen molar-refractivity contribution in [3.63, 3.8) is 0 Å². The molecular formula is C17H21NO2. The summed E-state index contributed by atoms with van der Waals surface area (Å²) in [5.74, 6) is 3.65. The van der Waals surface area contributed by atoms with Crippen molar-refractivity contribution in [3.05, 3.63) is 29.3 Å². The second kappa shape index (κ2) is 4.80. The lowest BCUT2D eigenvalue weighted by atomic mass is 9.89. The molecule has 0 aromatic heterocycles. The molecule has 3 aliphatic carbocycles. The lowest BCUT2D eigenvalue weighted by Crippen LogP contribution is -2.18. The molecule has 1 aromatic rings. The molecule has 20 heavy (non-hydrogen) atoms. The van der Waals surface area contributed by atoms with Gasteiger partial charge in [0.1, 0.15) is 5.75 Å². The van der Waals surface area contributed by atoms with Crippen LogP contribution in [0.3, 0.4) is 0 Å². The summed E-state index contributed by atoms with van der Waals surface area (Å²) in [7, 11) is 0. The van der Waals surface area contributed by atoms with Crippen LogP contribution in [0.1, 0.15) is 43.2 Å². The summed E-state index contributed by atoms with van der Waals surface area (Å²) in [6.07, 6.45) is 7.40. The first kappa shape index (κ1) is 12.2. The molecule has 2 fully saturated rings. The lowest BCUT2D eigenvalue weighted by molar-refractivity contribution is 0.194. The van der Waals surface area contributed by atoms with Crippen LogP contribution in [0.2, 0.25) is 0 Å². The Morgan fingerprint density at radius 1 is 1.20 bits per heavy atom. The summed E-state index contributed by atoms with van der Waals surface area (Å²) in [4.78, 5) is 0. The summed E-state index contributed by atoms with van der Waals surface area (Å²) in [5.41, 5.74) is 3.09. The number of hydrogen-bond acceptors (Lipinski definition) is 3. The van der Waals surface area contributed by atoms with E-state index in [-0.39, 0.29) is 0 Å². The van der Waals surface area contributed by atoms with E-state index in [9.17, 15) is 0 Å². The van der Waals surface area contributed by atoms with E-state index in [1.807, 2.05) is 12.1 Å². The van der Waals surface area contributed by atoms with Gasteiger partial charge in [0.2, 0.25) is 0 Å². The molecule has 1 aromatic carbocycles. The predicted octanol–water partition coefficient (Wildman–Crippen LogP) is 3.63. The van der Waals surface area contributed by atoms with Crippen LogP contribution >= 0.6 is 0 Å². The van der Waals surface area contributed by atoms with Gasteiger partial charge in [-0.25, -0.2) is 0 Å². The molecule has 0 aliphatic heterocycles. The van der Waals surface area contributed by atoms with Crippen LogP contribution in [0, 0.1) is 17.8 Å². The average Bonchev–Trinajstić information content (AvgIpc) is 3.19. The van der Waals surface area contributed by atoms with Crippen molar-refractivity contribution in [2.45, 2.75) is 38.5 Å². The second-order valence-electron chi connectivity index (χ2n) is 6.57. The molecule has 0 amide bonds. The Bertz CT molecular complexity index is 552. The molecule has 2 bridgehead atoms. The van der Waals surface area contributed by atoms with Gasteiger partial charge in [-0.05, 0) is 55.9 Å².